The first-order chi connectivity index (χ1) is 16.8. The molecule has 0 atom stereocenters. The number of halogens is 4. The largest absolute Gasteiger partial charge is 0.493 e. The first-order valence-electron chi connectivity index (χ1n) is 9.85. The highest BCUT2D eigenvalue weighted by Crippen LogP contribution is 2.34. The fraction of sp³-hybridized carbons (Fsp3) is 0.136. The van der Waals surface area contributed by atoms with Gasteiger partial charge in [-0.15, -0.1) is 0 Å². The van der Waals surface area contributed by atoms with E-state index in [2.05, 4.69) is 10.5 Å². The molecular weight excluding hydrogens is 527 g/mol. The summed E-state index contributed by atoms with van der Waals surface area (Å²) in [5.41, 5.74) is 1.70. The van der Waals surface area contributed by atoms with Gasteiger partial charge in [0.15, 0.2) is 11.5 Å². The van der Waals surface area contributed by atoms with Crippen molar-refractivity contribution in [2.75, 3.05) is 12.5 Å². The van der Waals surface area contributed by atoms with Crippen LogP contribution in [-0.4, -0.2) is 26.7 Å². The monoisotopic (exact) mass is 543 g/mol. The number of ether oxygens (including phenoxy) is 1. The van der Waals surface area contributed by atoms with Crippen LogP contribution in [0.15, 0.2) is 64.6 Å². The van der Waals surface area contributed by atoms with Gasteiger partial charge in [-0.3, -0.25) is 15.5 Å². The van der Waals surface area contributed by atoms with Crippen LogP contribution in [0.5, 0.6) is 11.5 Å². The predicted octanol–water partition coefficient (Wildman–Crippen LogP) is 5.80. The normalized spacial score (nSPS) is 11.9. The summed E-state index contributed by atoms with van der Waals surface area (Å²) in [6.07, 6.45) is -3.32. The molecule has 0 aromatic heterocycles. The lowest BCUT2D eigenvalue weighted by atomic mass is 10.2. The second-order valence-corrected chi connectivity index (χ2v) is 9.17. The van der Waals surface area contributed by atoms with E-state index in [4.69, 9.17) is 20.5 Å². The highest BCUT2D eigenvalue weighted by atomic mass is 35.5. The molecule has 3 aromatic carbocycles. The summed E-state index contributed by atoms with van der Waals surface area (Å²) in [7, 11) is -3.19. The molecule has 3 rings (SSSR count). The van der Waals surface area contributed by atoms with Gasteiger partial charge in [-0.1, -0.05) is 17.7 Å². The molecule has 0 heterocycles. The summed E-state index contributed by atoms with van der Waals surface area (Å²) < 4.78 is 74.3. The standard InChI is InChI=1S/C22H17ClF3N3O6S/c1-13-3-6-16(11-19(13)29(30)31)36(32,33)35-20-8-4-14(9-21(20)34-2)12-27-28-18-10-15(22(24,25)26)5-7-17(18)23/h3-12,28H,1-2H3/b27-12+. The number of nitro benzene ring substituents is 1. The van der Waals surface area contributed by atoms with Crippen LogP contribution in [0.3, 0.4) is 0 Å². The van der Waals surface area contributed by atoms with E-state index >= 15 is 0 Å². The molecule has 0 spiro atoms. The van der Waals surface area contributed by atoms with Crippen LogP contribution in [0.1, 0.15) is 16.7 Å². The third-order valence-corrected chi connectivity index (χ3v) is 6.31. The Labute approximate surface area is 208 Å². The third kappa shape index (κ3) is 6.23. The van der Waals surface area contributed by atoms with E-state index in [1.165, 1.54) is 50.6 Å². The number of aryl methyl sites for hydroxylation is 1. The van der Waals surface area contributed by atoms with Gasteiger partial charge in [0.2, 0.25) is 0 Å². The highest BCUT2D eigenvalue weighted by Gasteiger charge is 2.31. The quantitative estimate of drug-likeness (QED) is 0.165. The van der Waals surface area contributed by atoms with Gasteiger partial charge >= 0.3 is 16.3 Å². The number of anilines is 1. The Bertz CT molecular complexity index is 1450. The topological polar surface area (TPSA) is 120 Å². The molecule has 0 radical (unpaired) electrons. The molecule has 0 saturated carbocycles. The summed E-state index contributed by atoms with van der Waals surface area (Å²) in [5.74, 6) is -0.215. The Hall–Kier alpha value is -3.84. The lowest BCUT2D eigenvalue weighted by Gasteiger charge is -2.12. The molecule has 9 nitrogen and oxygen atoms in total. The van der Waals surface area contributed by atoms with E-state index in [0.29, 0.717) is 5.56 Å². The molecule has 0 aliphatic heterocycles. The predicted molar refractivity (Wildman–Crippen MR) is 126 cm³/mol. The molecule has 0 unspecified atom stereocenters. The number of methoxy groups -OCH3 is 1. The number of nitrogens with zero attached hydrogens (tertiary/aromatic N) is 2. The van der Waals surface area contributed by atoms with E-state index in [1.807, 2.05) is 0 Å². The average Bonchev–Trinajstić information content (AvgIpc) is 2.80. The molecule has 190 valence electrons. The second-order valence-electron chi connectivity index (χ2n) is 7.22. The summed E-state index contributed by atoms with van der Waals surface area (Å²) in [6, 6.07) is 10.1. The van der Waals surface area contributed by atoms with Crippen molar-refractivity contribution in [3.63, 3.8) is 0 Å². The Morgan fingerprint density at radius 2 is 1.81 bits per heavy atom. The van der Waals surface area contributed by atoms with E-state index in [-0.39, 0.29) is 33.5 Å². The van der Waals surface area contributed by atoms with Crippen molar-refractivity contribution in [1.82, 2.24) is 0 Å². The van der Waals surface area contributed by atoms with Gasteiger partial charge in [-0.05, 0) is 55.0 Å². The first-order valence-corrected chi connectivity index (χ1v) is 11.6. The van der Waals surface area contributed by atoms with Gasteiger partial charge in [0.25, 0.3) is 5.69 Å². The van der Waals surface area contributed by atoms with Crippen molar-refractivity contribution in [3.05, 3.63) is 86.4 Å². The zero-order valence-corrected chi connectivity index (χ0v) is 20.1. The van der Waals surface area contributed by atoms with Crippen molar-refractivity contribution in [2.45, 2.75) is 18.0 Å². The van der Waals surface area contributed by atoms with Crippen LogP contribution in [0.2, 0.25) is 5.02 Å². The summed E-state index contributed by atoms with van der Waals surface area (Å²) in [6.45, 7) is 1.47. The zero-order valence-electron chi connectivity index (χ0n) is 18.5. The molecule has 36 heavy (non-hydrogen) atoms. The second kappa shape index (κ2) is 10.4. The van der Waals surface area contributed by atoms with Gasteiger partial charge in [0.05, 0.1) is 34.5 Å². The molecule has 3 aromatic rings. The van der Waals surface area contributed by atoms with Crippen molar-refractivity contribution in [2.24, 2.45) is 5.10 Å². The van der Waals surface area contributed by atoms with E-state index in [1.54, 1.807) is 0 Å². The third-order valence-electron chi connectivity index (χ3n) is 4.75. The molecule has 0 aliphatic carbocycles. The molecule has 0 amide bonds. The van der Waals surface area contributed by atoms with Gasteiger partial charge in [0, 0.05) is 11.6 Å². The van der Waals surface area contributed by atoms with E-state index in [0.717, 1.165) is 24.3 Å². The minimum Gasteiger partial charge on any atom is -0.493 e. The Morgan fingerprint density at radius 3 is 2.44 bits per heavy atom. The lowest BCUT2D eigenvalue weighted by Crippen LogP contribution is -2.11. The van der Waals surface area contributed by atoms with Gasteiger partial charge in [0.1, 0.15) is 4.90 Å². The van der Waals surface area contributed by atoms with Crippen molar-refractivity contribution < 1.29 is 35.4 Å². The van der Waals surface area contributed by atoms with Crippen molar-refractivity contribution in [3.8, 4) is 11.5 Å². The highest BCUT2D eigenvalue weighted by molar-refractivity contribution is 7.87. The first kappa shape index (κ1) is 26.8. The van der Waals surface area contributed by atoms with Crippen molar-refractivity contribution in [1.29, 1.82) is 0 Å². The fourth-order valence-corrected chi connectivity index (χ4v) is 4.03. The minimum atomic E-state index is -4.56. The maximum Gasteiger partial charge on any atom is 0.416 e. The molecule has 0 fully saturated rings. The zero-order chi connectivity index (χ0) is 26.7. The van der Waals surface area contributed by atoms with Crippen LogP contribution >= 0.6 is 11.6 Å². The van der Waals surface area contributed by atoms with Crippen LogP contribution < -0.4 is 14.3 Å². The summed E-state index contributed by atoms with van der Waals surface area (Å²) in [4.78, 5) is 10.0. The smallest absolute Gasteiger partial charge is 0.416 e. The van der Waals surface area contributed by atoms with Gasteiger partial charge in [-0.25, -0.2) is 0 Å². The van der Waals surface area contributed by atoms with Crippen LogP contribution in [0.4, 0.5) is 24.5 Å². The van der Waals surface area contributed by atoms with Crippen molar-refractivity contribution >= 4 is 39.3 Å². The van der Waals surface area contributed by atoms with Gasteiger partial charge < -0.3 is 8.92 Å². The Kier molecular flexibility index (Phi) is 7.74. The summed E-state index contributed by atoms with van der Waals surface area (Å²) in [5, 5.41) is 15.0. The summed E-state index contributed by atoms with van der Waals surface area (Å²) >= 11 is 5.91. The van der Waals surface area contributed by atoms with Crippen LogP contribution in [0.25, 0.3) is 0 Å². The van der Waals surface area contributed by atoms with Crippen LogP contribution in [0, 0.1) is 17.0 Å². The number of alkyl halides is 3. The SMILES string of the molecule is COc1cc(/C=N/Nc2cc(C(F)(F)F)ccc2Cl)ccc1OS(=O)(=O)c1ccc(C)c([N+](=O)[O-])c1. The molecule has 0 bridgehead atoms. The Morgan fingerprint density at radius 1 is 1.08 bits per heavy atom. The maximum absolute atomic E-state index is 12.9. The number of hydrogen-bond acceptors (Lipinski definition) is 8. The number of hydrogen-bond donors (Lipinski definition) is 1. The molecule has 14 heteroatoms. The lowest BCUT2D eigenvalue weighted by molar-refractivity contribution is -0.385. The van der Waals surface area contributed by atoms with Crippen LogP contribution in [-0.2, 0) is 16.3 Å². The number of nitrogens with one attached hydrogen (secondary N) is 1. The number of benzene rings is 3. The minimum absolute atomic E-state index is 0.0127. The van der Waals surface area contributed by atoms with E-state index in [9.17, 15) is 31.7 Å². The van der Waals surface area contributed by atoms with E-state index < -0.39 is 31.7 Å². The molecule has 0 saturated heterocycles. The number of hydrazone groups is 1. The number of rotatable bonds is 8. The average molecular weight is 544 g/mol. The maximum atomic E-state index is 12.9. The molecule has 1 N–H and O–H groups in total. The fourth-order valence-electron chi connectivity index (χ4n) is 2.90. The molecular formula is C22H17ClF3N3O6S. The van der Waals surface area contributed by atoms with Gasteiger partial charge in [-0.2, -0.15) is 26.7 Å². The Balaban J connectivity index is 1.81. The molecule has 0 aliphatic rings. The number of nitro groups is 1.